The summed E-state index contributed by atoms with van der Waals surface area (Å²) >= 11 is 18.5. The van der Waals surface area contributed by atoms with E-state index in [-0.39, 0.29) is 5.15 Å². The summed E-state index contributed by atoms with van der Waals surface area (Å²) in [6, 6.07) is 7.22. The Balaban J connectivity index is 2.34. The third-order valence-corrected chi connectivity index (χ3v) is 3.46. The van der Waals surface area contributed by atoms with Crippen molar-refractivity contribution in [1.82, 2.24) is 19.6 Å². The fourth-order valence-electron chi connectivity index (χ4n) is 1.82. The average molecular weight is 314 g/mol. The molecule has 0 aliphatic rings. The standard InChI is InChI=1S/C12H7Cl3N4/c1-6-16-12-17-10(14)9(11(15)19(12)18-6)7-3-2-4-8(13)5-7/h2-5H,1H3. The first-order chi connectivity index (χ1) is 9.06. The highest BCUT2D eigenvalue weighted by molar-refractivity contribution is 6.38. The zero-order chi connectivity index (χ0) is 13.6. The molecule has 0 saturated carbocycles. The van der Waals surface area contributed by atoms with Gasteiger partial charge in [-0.2, -0.15) is 14.5 Å². The van der Waals surface area contributed by atoms with E-state index in [9.17, 15) is 0 Å². The largest absolute Gasteiger partial charge is 0.255 e. The summed E-state index contributed by atoms with van der Waals surface area (Å²) in [5, 5.41) is 5.41. The molecule has 0 unspecified atom stereocenters. The average Bonchev–Trinajstić information content (AvgIpc) is 2.70. The van der Waals surface area contributed by atoms with Crippen LogP contribution in [0.1, 0.15) is 5.82 Å². The highest BCUT2D eigenvalue weighted by Crippen LogP contribution is 2.34. The van der Waals surface area contributed by atoms with E-state index in [1.807, 2.05) is 12.1 Å². The maximum atomic E-state index is 6.34. The van der Waals surface area contributed by atoms with Crippen molar-refractivity contribution < 1.29 is 0 Å². The van der Waals surface area contributed by atoms with E-state index >= 15 is 0 Å². The monoisotopic (exact) mass is 312 g/mol. The number of aryl methyl sites for hydroxylation is 1. The van der Waals surface area contributed by atoms with E-state index in [1.54, 1.807) is 19.1 Å². The topological polar surface area (TPSA) is 43.1 Å². The van der Waals surface area contributed by atoms with Gasteiger partial charge in [0.05, 0.1) is 5.56 Å². The lowest BCUT2D eigenvalue weighted by Gasteiger charge is -2.07. The molecule has 19 heavy (non-hydrogen) atoms. The summed E-state index contributed by atoms with van der Waals surface area (Å²) in [5.74, 6) is 0.951. The van der Waals surface area contributed by atoms with Gasteiger partial charge in [0.2, 0.25) is 0 Å². The van der Waals surface area contributed by atoms with Gasteiger partial charge in [0.1, 0.15) is 16.1 Å². The van der Waals surface area contributed by atoms with Crippen molar-refractivity contribution in [3.8, 4) is 11.1 Å². The fraction of sp³-hybridized carbons (Fsp3) is 0.0833. The predicted molar refractivity (Wildman–Crippen MR) is 76.0 cm³/mol. The van der Waals surface area contributed by atoms with Gasteiger partial charge < -0.3 is 0 Å². The molecule has 0 N–H and O–H groups in total. The molecular weight excluding hydrogens is 307 g/mol. The Morgan fingerprint density at radius 3 is 2.63 bits per heavy atom. The normalized spacial score (nSPS) is 11.2. The van der Waals surface area contributed by atoms with E-state index in [1.165, 1.54) is 4.52 Å². The number of aromatic nitrogens is 4. The number of benzene rings is 1. The van der Waals surface area contributed by atoms with Gasteiger partial charge in [-0.3, -0.25) is 0 Å². The molecule has 0 fully saturated rings. The summed E-state index contributed by atoms with van der Waals surface area (Å²) in [6.45, 7) is 1.76. The zero-order valence-electron chi connectivity index (χ0n) is 9.73. The molecule has 2 aromatic heterocycles. The molecule has 0 aliphatic carbocycles. The number of hydrogen-bond acceptors (Lipinski definition) is 3. The quantitative estimate of drug-likeness (QED) is 0.636. The molecule has 1 aromatic carbocycles. The van der Waals surface area contributed by atoms with E-state index in [0.29, 0.717) is 27.3 Å². The molecule has 3 aromatic rings. The van der Waals surface area contributed by atoms with Crippen LogP contribution in [-0.2, 0) is 0 Å². The van der Waals surface area contributed by atoms with E-state index < -0.39 is 0 Å². The van der Waals surface area contributed by atoms with E-state index in [2.05, 4.69) is 15.1 Å². The first-order valence-electron chi connectivity index (χ1n) is 5.40. The van der Waals surface area contributed by atoms with Crippen LogP contribution in [0.5, 0.6) is 0 Å². The van der Waals surface area contributed by atoms with Crippen molar-refractivity contribution in [2.75, 3.05) is 0 Å². The third-order valence-electron chi connectivity index (χ3n) is 2.61. The van der Waals surface area contributed by atoms with Crippen LogP contribution < -0.4 is 0 Å². The zero-order valence-corrected chi connectivity index (χ0v) is 12.0. The Kier molecular flexibility index (Phi) is 3.09. The summed E-state index contributed by atoms with van der Waals surface area (Å²) < 4.78 is 1.46. The van der Waals surface area contributed by atoms with Crippen molar-refractivity contribution in [2.45, 2.75) is 6.92 Å². The summed E-state index contributed by atoms with van der Waals surface area (Å²) in [7, 11) is 0. The van der Waals surface area contributed by atoms with Gasteiger partial charge in [-0.1, -0.05) is 46.9 Å². The second-order valence-corrected chi connectivity index (χ2v) is 5.10. The Morgan fingerprint density at radius 1 is 1.11 bits per heavy atom. The molecule has 0 saturated heterocycles. The minimum atomic E-state index is 0.271. The summed E-state index contributed by atoms with van der Waals surface area (Å²) in [6.07, 6.45) is 0. The molecule has 96 valence electrons. The van der Waals surface area contributed by atoms with Crippen LogP contribution >= 0.6 is 34.8 Å². The Hall–Kier alpha value is -1.36. The van der Waals surface area contributed by atoms with Gasteiger partial charge in [0.25, 0.3) is 5.78 Å². The number of rotatable bonds is 1. The maximum Gasteiger partial charge on any atom is 0.255 e. The Bertz CT molecular complexity index is 782. The molecule has 2 heterocycles. The fourth-order valence-corrected chi connectivity index (χ4v) is 2.65. The number of fused-ring (bicyclic) bond motifs is 1. The molecule has 7 heteroatoms. The first-order valence-corrected chi connectivity index (χ1v) is 6.54. The van der Waals surface area contributed by atoms with Crippen molar-refractivity contribution >= 4 is 40.6 Å². The van der Waals surface area contributed by atoms with E-state index in [0.717, 1.165) is 5.56 Å². The second kappa shape index (κ2) is 4.63. The number of halogens is 3. The molecule has 0 radical (unpaired) electrons. The second-order valence-electron chi connectivity index (χ2n) is 3.95. The van der Waals surface area contributed by atoms with Gasteiger partial charge in [-0.15, -0.1) is 5.10 Å². The Labute approximate surface area is 124 Å². The van der Waals surface area contributed by atoms with Gasteiger partial charge in [0, 0.05) is 5.02 Å². The van der Waals surface area contributed by atoms with Crippen molar-refractivity contribution in [3.63, 3.8) is 0 Å². The van der Waals surface area contributed by atoms with E-state index in [4.69, 9.17) is 34.8 Å². The van der Waals surface area contributed by atoms with Gasteiger partial charge in [0.15, 0.2) is 0 Å². The lowest BCUT2D eigenvalue weighted by molar-refractivity contribution is 0.919. The van der Waals surface area contributed by atoms with Gasteiger partial charge in [-0.25, -0.2) is 0 Å². The summed E-state index contributed by atoms with van der Waals surface area (Å²) in [4.78, 5) is 8.32. The van der Waals surface area contributed by atoms with Crippen LogP contribution in [0.3, 0.4) is 0 Å². The smallest absolute Gasteiger partial charge is 0.198 e. The number of nitrogens with zero attached hydrogens (tertiary/aromatic N) is 4. The van der Waals surface area contributed by atoms with Crippen LogP contribution in [-0.4, -0.2) is 19.6 Å². The van der Waals surface area contributed by atoms with Crippen LogP contribution in [0.15, 0.2) is 24.3 Å². The Morgan fingerprint density at radius 2 is 1.89 bits per heavy atom. The van der Waals surface area contributed by atoms with Crippen molar-refractivity contribution in [2.24, 2.45) is 0 Å². The van der Waals surface area contributed by atoms with Crippen molar-refractivity contribution in [3.05, 3.63) is 45.4 Å². The SMILES string of the molecule is Cc1nc2nc(Cl)c(-c3cccc(Cl)c3)c(Cl)n2n1. The molecule has 0 aliphatic heterocycles. The molecule has 4 nitrogen and oxygen atoms in total. The molecule has 0 atom stereocenters. The van der Waals surface area contributed by atoms with Crippen LogP contribution in [0.25, 0.3) is 16.9 Å². The minimum absolute atomic E-state index is 0.271. The van der Waals surface area contributed by atoms with Crippen LogP contribution in [0.2, 0.25) is 15.3 Å². The highest BCUT2D eigenvalue weighted by atomic mass is 35.5. The number of hydrogen-bond donors (Lipinski definition) is 0. The molecule has 0 bridgehead atoms. The lowest BCUT2D eigenvalue weighted by atomic mass is 10.1. The van der Waals surface area contributed by atoms with Gasteiger partial charge >= 0.3 is 0 Å². The van der Waals surface area contributed by atoms with Gasteiger partial charge in [-0.05, 0) is 24.6 Å². The molecule has 0 amide bonds. The minimum Gasteiger partial charge on any atom is -0.198 e. The third kappa shape index (κ3) is 2.16. The lowest BCUT2D eigenvalue weighted by Crippen LogP contribution is -1.97. The molecule has 3 rings (SSSR count). The maximum absolute atomic E-state index is 6.34. The molecular formula is C12H7Cl3N4. The predicted octanol–water partition coefficient (Wildman–Crippen LogP) is 4.06. The van der Waals surface area contributed by atoms with Crippen LogP contribution in [0, 0.1) is 6.92 Å². The van der Waals surface area contributed by atoms with Crippen LogP contribution in [0.4, 0.5) is 0 Å². The first kappa shape index (κ1) is 12.7. The summed E-state index contributed by atoms with van der Waals surface area (Å²) in [5.41, 5.74) is 1.37. The highest BCUT2D eigenvalue weighted by Gasteiger charge is 2.16. The molecule has 0 spiro atoms. The van der Waals surface area contributed by atoms with Crippen molar-refractivity contribution in [1.29, 1.82) is 0 Å².